The molecule has 0 spiro atoms. The fraction of sp³-hybridized carbons (Fsp3) is 0.111. The van der Waals surface area contributed by atoms with Gasteiger partial charge in [-0.05, 0) is 81.2 Å². The van der Waals surface area contributed by atoms with Crippen molar-refractivity contribution in [2.24, 2.45) is 5.10 Å². The summed E-state index contributed by atoms with van der Waals surface area (Å²) in [5.74, 6) is 1.38. The molecule has 0 fully saturated rings. The van der Waals surface area contributed by atoms with Crippen molar-refractivity contribution in [1.29, 1.82) is 5.26 Å². The molecule has 0 aliphatic carbocycles. The van der Waals surface area contributed by atoms with Gasteiger partial charge in [0, 0.05) is 20.4 Å². The highest BCUT2D eigenvalue weighted by Gasteiger charge is 2.19. The van der Waals surface area contributed by atoms with Gasteiger partial charge < -0.3 is 13.9 Å². The summed E-state index contributed by atoms with van der Waals surface area (Å²) in [6.45, 7) is 2.06. The number of nitrogens with zero attached hydrogens (tertiary/aromatic N) is 4. The van der Waals surface area contributed by atoms with Crippen molar-refractivity contribution in [2.75, 3.05) is 13.2 Å². The third kappa shape index (κ3) is 4.92. The lowest BCUT2D eigenvalue weighted by atomic mass is 10.2. The molecule has 8 nitrogen and oxygen atoms in total. The molecular weight excluding hydrogens is 640 g/mol. The number of hydrogen-bond acceptors (Lipinski definition) is 7. The van der Waals surface area contributed by atoms with Crippen molar-refractivity contribution in [2.45, 2.75) is 6.92 Å². The van der Waals surface area contributed by atoms with Gasteiger partial charge in [0.25, 0.3) is 5.56 Å². The van der Waals surface area contributed by atoms with E-state index in [1.807, 2.05) is 19.1 Å². The normalized spacial score (nSPS) is 11.3. The molecule has 0 atom stereocenters. The lowest BCUT2D eigenvalue weighted by molar-refractivity contribution is 0.297. The summed E-state index contributed by atoms with van der Waals surface area (Å²) in [6.07, 6.45) is 1.51. The second kappa shape index (κ2) is 11.0. The van der Waals surface area contributed by atoms with E-state index in [0.29, 0.717) is 59.9 Å². The molecule has 3 aromatic carbocycles. The highest BCUT2D eigenvalue weighted by Crippen LogP contribution is 2.42. The summed E-state index contributed by atoms with van der Waals surface area (Å²) in [5.41, 5.74) is 1.34. The molecule has 0 N–H and O–H groups in total. The second-order valence-electron chi connectivity index (χ2n) is 7.91. The van der Waals surface area contributed by atoms with Gasteiger partial charge in [0.2, 0.25) is 5.82 Å². The zero-order valence-electron chi connectivity index (χ0n) is 19.7. The van der Waals surface area contributed by atoms with Crippen LogP contribution in [-0.4, -0.2) is 29.1 Å². The molecular formula is C27H17Br2ClN4O4. The van der Waals surface area contributed by atoms with Crippen LogP contribution in [0.2, 0.25) is 5.02 Å². The zero-order chi connectivity index (χ0) is 26.8. The third-order valence-electron chi connectivity index (χ3n) is 5.50. The quantitative estimate of drug-likeness (QED) is 0.172. The highest BCUT2D eigenvalue weighted by atomic mass is 79.9. The number of furan rings is 1. The Morgan fingerprint density at radius 2 is 1.97 bits per heavy atom. The third-order valence-corrected chi connectivity index (χ3v) is 7.88. The molecule has 5 aromatic rings. The van der Waals surface area contributed by atoms with E-state index in [-0.39, 0.29) is 18.0 Å². The summed E-state index contributed by atoms with van der Waals surface area (Å²) in [6, 6.07) is 17.7. The van der Waals surface area contributed by atoms with E-state index < -0.39 is 0 Å². The number of para-hydroxylation sites is 1. The molecule has 2 heterocycles. The maximum Gasteiger partial charge on any atom is 0.282 e. The minimum atomic E-state index is -0.366. The maximum absolute atomic E-state index is 13.6. The SMILES string of the molecule is CCOc1cc(C=Nn2c(-c3cc4cc(Cl)ccc4o3)nc3ccccc3c2=O)c(Br)c(Br)c1OCC#N. The van der Waals surface area contributed by atoms with Crippen LogP contribution in [0.3, 0.4) is 0 Å². The van der Waals surface area contributed by atoms with Crippen LogP contribution < -0.4 is 15.0 Å². The van der Waals surface area contributed by atoms with Crippen LogP contribution in [0.25, 0.3) is 33.5 Å². The second-order valence-corrected chi connectivity index (χ2v) is 9.93. The molecule has 0 aliphatic heterocycles. The predicted molar refractivity (Wildman–Crippen MR) is 153 cm³/mol. The van der Waals surface area contributed by atoms with Crippen molar-refractivity contribution in [3.8, 4) is 29.2 Å². The van der Waals surface area contributed by atoms with E-state index in [2.05, 4.69) is 37.0 Å². The molecule has 0 saturated heterocycles. The first kappa shape index (κ1) is 26.0. The smallest absolute Gasteiger partial charge is 0.282 e. The van der Waals surface area contributed by atoms with Crippen molar-refractivity contribution in [1.82, 2.24) is 9.66 Å². The Morgan fingerprint density at radius 1 is 1.16 bits per heavy atom. The number of rotatable bonds is 7. The van der Waals surface area contributed by atoms with Crippen LogP contribution in [0.15, 0.2) is 77.9 Å². The largest absolute Gasteiger partial charge is 0.490 e. The minimum absolute atomic E-state index is 0.150. The Balaban J connectivity index is 1.69. The van der Waals surface area contributed by atoms with Gasteiger partial charge in [-0.3, -0.25) is 4.79 Å². The number of ether oxygens (including phenoxy) is 2. The number of benzene rings is 3. The van der Waals surface area contributed by atoms with Gasteiger partial charge in [0.15, 0.2) is 23.9 Å². The minimum Gasteiger partial charge on any atom is -0.490 e. The Bertz CT molecular complexity index is 1820. The number of aromatic nitrogens is 2. The van der Waals surface area contributed by atoms with Gasteiger partial charge in [0.05, 0.1) is 28.2 Å². The molecule has 0 amide bonds. The standard InChI is InChI=1S/C27H17Br2ClN4O4/c1-2-36-21-13-16(23(28)24(29)25(21)37-10-9-31)14-32-34-26(33-19-6-4-3-5-18(19)27(34)35)22-12-15-11-17(30)7-8-20(15)38-22/h3-8,11-14H,2,10H2,1H3. The fourth-order valence-electron chi connectivity index (χ4n) is 3.83. The fourth-order valence-corrected chi connectivity index (χ4v) is 4.95. The average Bonchev–Trinajstić information content (AvgIpc) is 3.33. The lowest BCUT2D eigenvalue weighted by Crippen LogP contribution is -2.20. The van der Waals surface area contributed by atoms with Gasteiger partial charge in [-0.15, -0.1) is 0 Å². The summed E-state index contributed by atoms with van der Waals surface area (Å²) >= 11 is 13.2. The molecule has 2 aromatic heterocycles. The number of halogens is 3. The molecule has 0 unspecified atom stereocenters. The van der Waals surface area contributed by atoms with E-state index in [9.17, 15) is 4.79 Å². The summed E-state index contributed by atoms with van der Waals surface area (Å²) in [5, 5.41) is 15.2. The van der Waals surface area contributed by atoms with Crippen molar-refractivity contribution in [3.05, 3.63) is 84.5 Å². The van der Waals surface area contributed by atoms with Gasteiger partial charge in [-0.1, -0.05) is 23.7 Å². The van der Waals surface area contributed by atoms with Crippen molar-refractivity contribution < 1.29 is 13.9 Å². The van der Waals surface area contributed by atoms with Crippen LogP contribution in [-0.2, 0) is 0 Å². The van der Waals surface area contributed by atoms with Crippen LogP contribution in [0.1, 0.15) is 12.5 Å². The molecule has 0 saturated carbocycles. The van der Waals surface area contributed by atoms with Gasteiger partial charge >= 0.3 is 0 Å². The zero-order valence-corrected chi connectivity index (χ0v) is 23.7. The lowest BCUT2D eigenvalue weighted by Gasteiger charge is -2.15. The van der Waals surface area contributed by atoms with Crippen LogP contribution in [0.4, 0.5) is 0 Å². The Morgan fingerprint density at radius 3 is 2.76 bits per heavy atom. The maximum atomic E-state index is 13.6. The first-order valence-electron chi connectivity index (χ1n) is 11.3. The van der Waals surface area contributed by atoms with E-state index in [1.165, 1.54) is 10.9 Å². The summed E-state index contributed by atoms with van der Waals surface area (Å²) in [4.78, 5) is 18.3. The Labute approximate surface area is 238 Å². The number of fused-ring (bicyclic) bond motifs is 2. The van der Waals surface area contributed by atoms with Crippen LogP contribution >= 0.6 is 43.5 Å². The first-order valence-corrected chi connectivity index (χ1v) is 13.3. The van der Waals surface area contributed by atoms with E-state index in [0.717, 1.165) is 5.39 Å². The number of nitriles is 1. The average molecular weight is 657 g/mol. The molecule has 0 aliphatic rings. The van der Waals surface area contributed by atoms with Crippen LogP contribution in [0.5, 0.6) is 11.5 Å². The van der Waals surface area contributed by atoms with Crippen LogP contribution in [0, 0.1) is 11.3 Å². The van der Waals surface area contributed by atoms with Crippen molar-refractivity contribution >= 4 is 71.5 Å². The van der Waals surface area contributed by atoms with Crippen molar-refractivity contribution in [3.63, 3.8) is 0 Å². The molecule has 0 radical (unpaired) electrons. The Hall–Kier alpha value is -3.65. The monoisotopic (exact) mass is 654 g/mol. The summed E-state index contributed by atoms with van der Waals surface area (Å²) < 4.78 is 19.6. The molecule has 11 heteroatoms. The van der Waals surface area contributed by atoms with E-state index in [1.54, 1.807) is 48.5 Å². The van der Waals surface area contributed by atoms with Gasteiger partial charge in [0.1, 0.15) is 11.7 Å². The van der Waals surface area contributed by atoms with Gasteiger partial charge in [-0.2, -0.15) is 15.0 Å². The first-order chi connectivity index (χ1) is 18.4. The highest BCUT2D eigenvalue weighted by molar-refractivity contribution is 9.13. The molecule has 38 heavy (non-hydrogen) atoms. The number of hydrogen-bond donors (Lipinski definition) is 0. The molecule has 190 valence electrons. The summed E-state index contributed by atoms with van der Waals surface area (Å²) in [7, 11) is 0. The predicted octanol–water partition coefficient (Wildman–Crippen LogP) is 7.17. The van der Waals surface area contributed by atoms with Gasteiger partial charge in [-0.25, -0.2) is 4.98 Å². The Kier molecular flexibility index (Phi) is 7.51. The van der Waals surface area contributed by atoms with E-state index >= 15 is 0 Å². The topological polar surface area (TPSA) is 103 Å². The van der Waals surface area contributed by atoms with E-state index in [4.69, 9.17) is 35.7 Å². The molecule has 5 rings (SSSR count). The molecule has 0 bridgehead atoms.